The van der Waals surface area contributed by atoms with Crippen LogP contribution in [0.4, 0.5) is 0 Å². The predicted octanol–water partition coefficient (Wildman–Crippen LogP) is 2.48. The van der Waals surface area contributed by atoms with E-state index in [1.807, 2.05) is 19.3 Å². The highest BCUT2D eigenvalue weighted by atomic mass is 16.5. The Labute approximate surface area is 103 Å². The van der Waals surface area contributed by atoms with Crippen LogP contribution < -0.4 is 10.1 Å². The molecule has 2 fully saturated rings. The van der Waals surface area contributed by atoms with Crippen LogP contribution >= 0.6 is 0 Å². The van der Waals surface area contributed by atoms with Gasteiger partial charge in [-0.25, -0.2) is 0 Å². The molecule has 3 rings (SSSR count). The van der Waals surface area contributed by atoms with Gasteiger partial charge < -0.3 is 10.1 Å². The van der Waals surface area contributed by atoms with E-state index in [1.165, 1.54) is 31.2 Å². The zero-order chi connectivity index (χ0) is 11.7. The first kappa shape index (κ1) is 11.0. The van der Waals surface area contributed by atoms with E-state index in [2.05, 4.69) is 16.4 Å². The maximum absolute atomic E-state index is 5.53. The molecule has 2 saturated heterocycles. The maximum atomic E-state index is 5.53. The zero-order valence-corrected chi connectivity index (χ0v) is 10.4. The highest BCUT2D eigenvalue weighted by Gasteiger charge is 2.34. The van der Waals surface area contributed by atoms with Gasteiger partial charge in [-0.05, 0) is 50.2 Å². The molecule has 2 bridgehead atoms. The van der Waals surface area contributed by atoms with Crippen LogP contribution in [0.5, 0.6) is 5.75 Å². The molecule has 2 atom stereocenters. The van der Waals surface area contributed by atoms with E-state index >= 15 is 0 Å². The molecule has 1 N–H and O–H groups in total. The Morgan fingerprint density at radius 1 is 1.29 bits per heavy atom. The molecule has 1 aromatic rings. The summed E-state index contributed by atoms with van der Waals surface area (Å²) in [6.07, 6.45) is 9.03. The summed E-state index contributed by atoms with van der Waals surface area (Å²) in [7, 11) is 0. The molecule has 0 saturated carbocycles. The van der Waals surface area contributed by atoms with Gasteiger partial charge in [0.2, 0.25) is 0 Å². The Hall–Kier alpha value is -1.09. The highest BCUT2D eigenvalue weighted by molar-refractivity contribution is 5.27. The molecule has 0 radical (unpaired) electrons. The van der Waals surface area contributed by atoms with Crippen LogP contribution in [0.25, 0.3) is 0 Å². The molecule has 0 spiro atoms. The van der Waals surface area contributed by atoms with Gasteiger partial charge >= 0.3 is 0 Å². The monoisotopic (exact) mass is 232 g/mol. The first-order valence-corrected chi connectivity index (χ1v) is 6.69. The van der Waals surface area contributed by atoms with Crippen molar-refractivity contribution in [1.29, 1.82) is 0 Å². The first-order valence-electron chi connectivity index (χ1n) is 6.69. The zero-order valence-electron chi connectivity index (χ0n) is 10.4. The van der Waals surface area contributed by atoms with Gasteiger partial charge in [-0.3, -0.25) is 4.98 Å². The Morgan fingerprint density at radius 3 is 2.76 bits per heavy atom. The average molecular weight is 232 g/mol. The van der Waals surface area contributed by atoms with E-state index in [0.29, 0.717) is 12.5 Å². The predicted molar refractivity (Wildman–Crippen MR) is 67.3 cm³/mol. The Kier molecular flexibility index (Phi) is 3.02. The van der Waals surface area contributed by atoms with Crippen molar-refractivity contribution < 1.29 is 4.74 Å². The van der Waals surface area contributed by atoms with Crippen LogP contribution in [0, 0.1) is 0 Å². The van der Waals surface area contributed by atoms with E-state index in [9.17, 15) is 0 Å². The summed E-state index contributed by atoms with van der Waals surface area (Å²) in [6.45, 7) is 2.72. The van der Waals surface area contributed by atoms with Crippen molar-refractivity contribution >= 4 is 0 Å². The second kappa shape index (κ2) is 4.65. The van der Waals surface area contributed by atoms with Crippen LogP contribution in [-0.4, -0.2) is 23.7 Å². The summed E-state index contributed by atoms with van der Waals surface area (Å²) >= 11 is 0. The molecule has 0 aliphatic carbocycles. The topological polar surface area (TPSA) is 34.1 Å². The van der Waals surface area contributed by atoms with Crippen LogP contribution in [0.3, 0.4) is 0 Å². The lowest BCUT2D eigenvalue weighted by Crippen LogP contribution is -2.37. The number of nitrogens with zero attached hydrogens (tertiary/aromatic N) is 1. The normalized spacial score (nSPS) is 31.5. The van der Waals surface area contributed by atoms with Crippen molar-refractivity contribution in [2.24, 2.45) is 0 Å². The molecule has 92 valence electrons. The molecule has 2 aliphatic heterocycles. The van der Waals surface area contributed by atoms with Crippen molar-refractivity contribution in [2.75, 3.05) is 6.61 Å². The van der Waals surface area contributed by atoms with Crippen LogP contribution in [-0.2, 0) is 0 Å². The minimum absolute atomic E-state index is 0.668. The molecule has 2 unspecified atom stereocenters. The molecule has 0 amide bonds. The van der Waals surface area contributed by atoms with Gasteiger partial charge in [-0.15, -0.1) is 0 Å². The second-order valence-electron chi connectivity index (χ2n) is 5.19. The lowest BCUT2D eigenvalue weighted by Gasteiger charge is -2.29. The van der Waals surface area contributed by atoms with E-state index in [1.54, 1.807) is 0 Å². The smallest absolute Gasteiger partial charge is 0.137 e. The fourth-order valence-corrected chi connectivity index (χ4v) is 3.23. The molecule has 2 aliphatic rings. The standard InChI is InChI=1S/C14H20N2O/c1-2-17-14-7-11(8-15-9-14)10-5-12-3-4-13(6-10)16-12/h7-10,12-13,16H,2-6H2,1H3. The van der Waals surface area contributed by atoms with E-state index in [0.717, 1.165) is 17.8 Å². The van der Waals surface area contributed by atoms with Crippen molar-refractivity contribution in [3.63, 3.8) is 0 Å². The Morgan fingerprint density at radius 2 is 2.06 bits per heavy atom. The third-order valence-corrected chi connectivity index (χ3v) is 3.99. The van der Waals surface area contributed by atoms with E-state index < -0.39 is 0 Å². The van der Waals surface area contributed by atoms with E-state index in [-0.39, 0.29) is 0 Å². The average Bonchev–Trinajstić information content (AvgIpc) is 2.69. The number of aromatic nitrogens is 1. The van der Waals surface area contributed by atoms with Gasteiger partial charge in [0.05, 0.1) is 12.8 Å². The number of ether oxygens (including phenoxy) is 1. The van der Waals surface area contributed by atoms with Gasteiger partial charge in [0, 0.05) is 18.3 Å². The van der Waals surface area contributed by atoms with Gasteiger partial charge in [0.15, 0.2) is 0 Å². The number of nitrogens with one attached hydrogen (secondary N) is 1. The number of rotatable bonds is 3. The maximum Gasteiger partial charge on any atom is 0.137 e. The number of fused-ring (bicyclic) bond motifs is 2. The van der Waals surface area contributed by atoms with Gasteiger partial charge in [-0.1, -0.05) is 0 Å². The quantitative estimate of drug-likeness (QED) is 0.869. The number of piperidine rings is 1. The fraction of sp³-hybridized carbons (Fsp3) is 0.643. The largest absolute Gasteiger partial charge is 0.492 e. The van der Waals surface area contributed by atoms with Crippen molar-refractivity contribution in [3.05, 3.63) is 24.0 Å². The molecular formula is C14H20N2O. The van der Waals surface area contributed by atoms with Crippen molar-refractivity contribution in [1.82, 2.24) is 10.3 Å². The van der Waals surface area contributed by atoms with Gasteiger partial charge in [0.25, 0.3) is 0 Å². The summed E-state index contributed by atoms with van der Waals surface area (Å²) < 4.78 is 5.53. The van der Waals surface area contributed by atoms with Crippen LogP contribution in [0.15, 0.2) is 18.5 Å². The summed E-state index contributed by atoms with van der Waals surface area (Å²) in [6, 6.07) is 3.63. The van der Waals surface area contributed by atoms with Crippen molar-refractivity contribution in [3.8, 4) is 5.75 Å². The minimum atomic E-state index is 0.668. The van der Waals surface area contributed by atoms with Gasteiger partial charge in [-0.2, -0.15) is 0 Å². The third kappa shape index (κ3) is 2.29. The molecule has 3 heterocycles. The molecule has 1 aromatic heterocycles. The van der Waals surface area contributed by atoms with Crippen LogP contribution in [0.1, 0.15) is 44.1 Å². The number of pyridine rings is 1. The molecular weight excluding hydrogens is 212 g/mol. The Bertz CT molecular complexity index is 382. The summed E-state index contributed by atoms with van der Waals surface area (Å²) in [5, 5.41) is 3.68. The number of hydrogen-bond donors (Lipinski definition) is 1. The summed E-state index contributed by atoms with van der Waals surface area (Å²) in [5.41, 5.74) is 1.36. The third-order valence-electron chi connectivity index (χ3n) is 3.99. The molecule has 3 heteroatoms. The highest BCUT2D eigenvalue weighted by Crippen LogP contribution is 2.37. The Balaban J connectivity index is 1.77. The van der Waals surface area contributed by atoms with Crippen LogP contribution in [0.2, 0.25) is 0 Å². The fourth-order valence-electron chi connectivity index (χ4n) is 3.23. The van der Waals surface area contributed by atoms with E-state index in [4.69, 9.17) is 4.74 Å². The second-order valence-corrected chi connectivity index (χ2v) is 5.19. The van der Waals surface area contributed by atoms with Gasteiger partial charge in [0.1, 0.15) is 5.75 Å². The first-order chi connectivity index (χ1) is 8.35. The summed E-state index contributed by atoms with van der Waals surface area (Å²) in [4.78, 5) is 4.30. The SMILES string of the molecule is CCOc1cncc(C2CC3CCC(C2)N3)c1. The lowest BCUT2D eigenvalue weighted by atomic mass is 9.87. The molecule has 17 heavy (non-hydrogen) atoms. The minimum Gasteiger partial charge on any atom is -0.492 e. The molecule has 3 nitrogen and oxygen atoms in total. The molecule has 0 aromatic carbocycles. The number of hydrogen-bond acceptors (Lipinski definition) is 3. The van der Waals surface area contributed by atoms with Crippen molar-refractivity contribution in [2.45, 2.75) is 50.6 Å². The summed E-state index contributed by atoms with van der Waals surface area (Å²) in [5.74, 6) is 1.58. The lowest BCUT2D eigenvalue weighted by molar-refractivity contribution is 0.334.